The molecule has 0 saturated heterocycles. The Labute approximate surface area is 188 Å². The van der Waals surface area contributed by atoms with Gasteiger partial charge in [-0.3, -0.25) is 4.79 Å². The summed E-state index contributed by atoms with van der Waals surface area (Å²) >= 11 is 0. The molecule has 0 aliphatic carbocycles. The van der Waals surface area contributed by atoms with Gasteiger partial charge in [0.2, 0.25) is 0 Å². The Kier molecular flexibility index (Phi) is 6.35. The van der Waals surface area contributed by atoms with E-state index < -0.39 is 5.82 Å². The molecule has 32 heavy (non-hydrogen) atoms. The lowest BCUT2D eigenvalue weighted by Crippen LogP contribution is -2.25. The Hall–Kier alpha value is -3.47. The minimum Gasteiger partial charge on any atom is -0.352 e. The van der Waals surface area contributed by atoms with Crippen molar-refractivity contribution in [1.82, 2.24) is 14.9 Å². The number of hydrogen-bond donors (Lipinski definition) is 1. The molecule has 0 unspecified atom stereocenters. The van der Waals surface area contributed by atoms with E-state index in [-0.39, 0.29) is 11.5 Å². The van der Waals surface area contributed by atoms with Gasteiger partial charge < -0.3 is 9.88 Å². The molecule has 1 amide bonds. The number of nitrogens with zero attached hydrogens (tertiary/aromatic N) is 2. The lowest BCUT2D eigenvalue weighted by atomic mass is 9.99. The van der Waals surface area contributed by atoms with Crippen LogP contribution in [-0.4, -0.2) is 22.0 Å². The maximum Gasteiger partial charge on any atom is 0.254 e. The average Bonchev–Trinajstić information content (AvgIpc) is 3.11. The third-order valence-electron chi connectivity index (χ3n) is 5.87. The van der Waals surface area contributed by atoms with Gasteiger partial charge in [-0.25, -0.2) is 9.37 Å². The fraction of sp³-hybridized carbons (Fsp3) is 0.259. The molecule has 0 fully saturated rings. The number of rotatable bonds is 7. The van der Waals surface area contributed by atoms with Crippen LogP contribution in [-0.2, 0) is 13.0 Å². The quantitative estimate of drug-likeness (QED) is 0.394. The van der Waals surface area contributed by atoms with Gasteiger partial charge in [-0.15, -0.1) is 0 Å². The van der Waals surface area contributed by atoms with Gasteiger partial charge in [0.15, 0.2) is 0 Å². The third-order valence-corrected chi connectivity index (χ3v) is 5.87. The SMILES string of the molecule is Cc1cc(C)c(Cn2c(CCCNC(=O)c3ccccc3F)nc3ccccc32)c(C)c1. The van der Waals surface area contributed by atoms with Crippen LogP contribution in [0.2, 0.25) is 0 Å². The summed E-state index contributed by atoms with van der Waals surface area (Å²) in [5.74, 6) is 0.101. The Morgan fingerprint density at radius 1 is 1.00 bits per heavy atom. The van der Waals surface area contributed by atoms with Crippen molar-refractivity contribution in [2.75, 3.05) is 6.54 Å². The molecule has 1 aromatic heterocycles. The first-order valence-corrected chi connectivity index (χ1v) is 11.0. The summed E-state index contributed by atoms with van der Waals surface area (Å²) in [6.45, 7) is 7.66. The molecule has 0 saturated carbocycles. The number of para-hydroxylation sites is 2. The molecule has 164 valence electrons. The van der Waals surface area contributed by atoms with Crippen molar-refractivity contribution in [2.24, 2.45) is 0 Å². The number of aromatic nitrogens is 2. The zero-order chi connectivity index (χ0) is 22.7. The van der Waals surface area contributed by atoms with Crippen molar-refractivity contribution in [2.45, 2.75) is 40.2 Å². The van der Waals surface area contributed by atoms with E-state index in [1.807, 2.05) is 18.2 Å². The number of carbonyl (C=O) groups excluding carboxylic acids is 1. The maximum absolute atomic E-state index is 13.8. The second-order valence-electron chi connectivity index (χ2n) is 8.32. The number of nitrogens with one attached hydrogen (secondary N) is 1. The predicted octanol–water partition coefficient (Wildman–Crippen LogP) is 5.51. The number of hydrogen-bond acceptors (Lipinski definition) is 2. The second-order valence-corrected chi connectivity index (χ2v) is 8.32. The monoisotopic (exact) mass is 429 g/mol. The lowest BCUT2D eigenvalue weighted by molar-refractivity contribution is 0.0949. The molecule has 0 bridgehead atoms. The standard InChI is InChI=1S/C27H28FN3O/c1-18-15-19(2)22(20(3)16-18)17-31-25-12-7-6-11-24(25)30-26(31)13-8-14-29-27(32)21-9-4-5-10-23(21)28/h4-7,9-12,15-16H,8,13-14,17H2,1-3H3,(H,29,32). The normalized spacial score (nSPS) is 11.1. The van der Waals surface area contributed by atoms with E-state index in [0.29, 0.717) is 6.54 Å². The van der Waals surface area contributed by atoms with Crippen molar-refractivity contribution in [3.05, 3.63) is 100 Å². The molecular weight excluding hydrogens is 401 g/mol. The molecule has 0 aliphatic heterocycles. The van der Waals surface area contributed by atoms with Crippen molar-refractivity contribution >= 4 is 16.9 Å². The highest BCUT2D eigenvalue weighted by Gasteiger charge is 2.14. The highest BCUT2D eigenvalue weighted by atomic mass is 19.1. The fourth-order valence-corrected chi connectivity index (χ4v) is 4.30. The van der Waals surface area contributed by atoms with E-state index in [2.05, 4.69) is 48.9 Å². The Morgan fingerprint density at radius 2 is 1.69 bits per heavy atom. The Morgan fingerprint density at radius 3 is 2.44 bits per heavy atom. The number of fused-ring (bicyclic) bond motifs is 1. The lowest BCUT2D eigenvalue weighted by Gasteiger charge is -2.15. The van der Waals surface area contributed by atoms with Crippen LogP contribution in [0.5, 0.6) is 0 Å². The van der Waals surface area contributed by atoms with Crippen LogP contribution in [0.1, 0.15) is 44.9 Å². The first-order valence-electron chi connectivity index (χ1n) is 11.0. The molecule has 0 spiro atoms. The summed E-state index contributed by atoms with van der Waals surface area (Å²) < 4.78 is 16.1. The molecule has 3 aromatic carbocycles. The van der Waals surface area contributed by atoms with Gasteiger partial charge in [0, 0.05) is 19.5 Å². The summed E-state index contributed by atoms with van der Waals surface area (Å²) in [5, 5.41) is 2.82. The minimum absolute atomic E-state index is 0.0741. The maximum atomic E-state index is 13.8. The zero-order valence-electron chi connectivity index (χ0n) is 18.8. The van der Waals surface area contributed by atoms with Crippen LogP contribution in [0.3, 0.4) is 0 Å². The third kappa shape index (κ3) is 4.57. The summed E-state index contributed by atoms with van der Waals surface area (Å²) in [5.41, 5.74) is 7.30. The van der Waals surface area contributed by atoms with E-state index in [0.717, 1.165) is 36.2 Å². The number of amides is 1. The molecule has 4 nitrogen and oxygen atoms in total. The van der Waals surface area contributed by atoms with E-state index in [1.54, 1.807) is 12.1 Å². The number of carbonyl (C=O) groups is 1. The molecule has 0 atom stereocenters. The van der Waals surface area contributed by atoms with Gasteiger partial charge in [-0.2, -0.15) is 0 Å². The van der Waals surface area contributed by atoms with Gasteiger partial charge in [-0.1, -0.05) is 42.0 Å². The van der Waals surface area contributed by atoms with E-state index in [1.165, 1.54) is 34.4 Å². The molecule has 4 aromatic rings. The van der Waals surface area contributed by atoms with Crippen molar-refractivity contribution in [3.63, 3.8) is 0 Å². The molecule has 4 rings (SSSR count). The smallest absolute Gasteiger partial charge is 0.254 e. The summed E-state index contributed by atoms with van der Waals surface area (Å²) in [4.78, 5) is 17.1. The molecule has 1 N–H and O–H groups in total. The van der Waals surface area contributed by atoms with Crippen LogP contribution in [0.25, 0.3) is 11.0 Å². The highest BCUT2D eigenvalue weighted by molar-refractivity contribution is 5.94. The van der Waals surface area contributed by atoms with Crippen LogP contribution < -0.4 is 5.32 Å². The molecule has 5 heteroatoms. The van der Waals surface area contributed by atoms with Gasteiger partial charge in [0.1, 0.15) is 11.6 Å². The molecule has 0 radical (unpaired) electrons. The average molecular weight is 430 g/mol. The molecule has 1 heterocycles. The number of aryl methyl sites for hydroxylation is 4. The summed E-state index contributed by atoms with van der Waals surface area (Å²) in [7, 11) is 0. The Bertz CT molecular complexity index is 1250. The predicted molar refractivity (Wildman–Crippen MR) is 127 cm³/mol. The fourth-order valence-electron chi connectivity index (χ4n) is 4.30. The van der Waals surface area contributed by atoms with Crippen LogP contribution >= 0.6 is 0 Å². The van der Waals surface area contributed by atoms with Crippen LogP contribution in [0.4, 0.5) is 4.39 Å². The molecular formula is C27H28FN3O. The molecule has 0 aliphatic rings. The number of benzene rings is 3. The number of imidazole rings is 1. The van der Waals surface area contributed by atoms with E-state index >= 15 is 0 Å². The largest absolute Gasteiger partial charge is 0.352 e. The van der Waals surface area contributed by atoms with Gasteiger partial charge in [-0.05, 0) is 68.1 Å². The first kappa shape index (κ1) is 21.8. The summed E-state index contributed by atoms with van der Waals surface area (Å²) in [6.07, 6.45) is 1.44. The van der Waals surface area contributed by atoms with Crippen molar-refractivity contribution < 1.29 is 9.18 Å². The minimum atomic E-state index is -0.504. The zero-order valence-corrected chi connectivity index (χ0v) is 18.8. The highest BCUT2D eigenvalue weighted by Crippen LogP contribution is 2.23. The summed E-state index contributed by atoms with van der Waals surface area (Å²) in [6, 6.07) is 18.6. The van der Waals surface area contributed by atoms with Crippen molar-refractivity contribution in [3.8, 4) is 0 Å². The van der Waals surface area contributed by atoms with E-state index in [4.69, 9.17) is 4.98 Å². The van der Waals surface area contributed by atoms with Gasteiger partial charge >= 0.3 is 0 Å². The Balaban J connectivity index is 1.51. The van der Waals surface area contributed by atoms with Crippen LogP contribution in [0.15, 0.2) is 60.7 Å². The van der Waals surface area contributed by atoms with Crippen LogP contribution in [0, 0.1) is 26.6 Å². The van der Waals surface area contributed by atoms with Crippen molar-refractivity contribution in [1.29, 1.82) is 0 Å². The number of halogens is 1. The van der Waals surface area contributed by atoms with Gasteiger partial charge in [0.05, 0.1) is 16.6 Å². The van der Waals surface area contributed by atoms with Gasteiger partial charge in [0.25, 0.3) is 5.91 Å². The topological polar surface area (TPSA) is 46.9 Å². The first-order chi connectivity index (χ1) is 15.4. The van der Waals surface area contributed by atoms with E-state index in [9.17, 15) is 9.18 Å². The second kappa shape index (κ2) is 9.35.